The van der Waals surface area contributed by atoms with Gasteiger partial charge < -0.3 is 4.42 Å². The Morgan fingerprint density at radius 2 is 2.05 bits per heavy atom. The highest BCUT2D eigenvalue weighted by Crippen LogP contribution is 2.23. The smallest absolute Gasteiger partial charge is 0.242 e. The van der Waals surface area contributed by atoms with Crippen LogP contribution in [-0.2, 0) is 10.0 Å². The fourth-order valence-electron chi connectivity index (χ4n) is 1.58. The molecule has 1 aromatic heterocycles. The van der Waals surface area contributed by atoms with Gasteiger partial charge in [0, 0.05) is 4.47 Å². The third kappa shape index (κ3) is 3.23. The molecule has 1 heterocycles. The molecular weight excluding hydrogens is 332 g/mol. The van der Waals surface area contributed by atoms with Crippen LogP contribution in [-0.4, -0.2) is 13.4 Å². The SMILES string of the molecule is Cc1cnc(C(C)NS(=O)(=O)c2ccccc2Br)o1. The molecule has 0 aliphatic carbocycles. The second-order valence-corrected chi connectivity index (χ2v) is 6.62. The van der Waals surface area contributed by atoms with Crippen molar-refractivity contribution in [3.63, 3.8) is 0 Å². The molecule has 5 nitrogen and oxygen atoms in total. The largest absolute Gasteiger partial charge is 0.444 e. The van der Waals surface area contributed by atoms with E-state index in [1.54, 1.807) is 38.2 Å². The standard InChI is InChI=1S/C12H13BrN2O3S/c1-8-7-14-12(18-8)9(2)15-19(16,17)11-6-4-3-5-10(11)13/h3-7,9,15H,1-2H3. The molecule has 0 bridgehead atoms. The summed E-state index contributed by atoms with van der Waals surface area (Å²) in [5, 5.41) is 0. The van der Waals surface area contributed by atoms with Crippen LogP contribution in [0.4, 0.5) is 0 Å². The lowest BCUT2D eigenvalue weighted by atomic mass is 10.4. The lowest BCUT2D eigenvalue weighted by Crippen LogP contribution is -2.27. The van der Waals surface area contributed by atoms with Crippen molar-refractivity contribution in [2.45, 2.75) is 24.8 Å². The van der Waals surface area contributed by atoms with Crippen LogP contribution in [0.3, 0.4) is 0 Å². The molecule has 1 atom stereocenters. The van der Waals surface area contributed by atoms with E-state index < -0.39 is 16.1 Å². The zero-order chi connectivity index (χ0) is 14.0. The first-order valence-electron chi connectivity index (χ1n) is 5.59. The van der Waals surface area contributed by atoms with Gasteiger partial charge in [0.15, 0.2) is 0 Å². The number of halogens is 1. The number of oxazole rings is 1. The minimum Gasteiger partial charge on any atom is -0.444 e. The van der Waals surface area contributed by atoms with Crippen LogP contribution in [0.2, 0.25) is 0 Å². The summed E-state index contributed by atoms with van der Waals surface area (Å²) in [4.78, 5) is 4.20. The molecule has 19 heavy (non-hydrogen) atoms. The van der Waals surface area contributed by atoms with Crippen molar-refractivity contribution in [1.82, 2.24) is 9.71 Å². The quantitative estimate of drug-likeness (QED) is 0.925. The predicted molar refractivity (Wildman–Crippen MR) is 74.1 cm³/mol. The Bertz CT molecular complexity index is 682. The summed E-state index contributed by atoms with van der Waals surface area (Å²) < 4.78 is 32.8. The summed E-state index contributed by atoms with van der Waals surface area (Å²) in [7, 11) is -3.63. The minimum absolute atomic E-state index is 0.185. The Hall–Kier alpha value is -1.18. The van der Waals surface area contributed by atoms with Crippen LogP contribution in [0.25, 0.3) is 0 Å². The second-order valence-electron chi connectivity index (χ2n) is 4.08. The Kier molecular flexibility index (Phi) is 4.07. The van der Waals surface area contributed by atoms with Crippen molar-refractivity contribution in [2.24, 2.45) is 0 Å². The van der Waals surface area contributed by atoms with E-state index >= 15 is 0 Å². The molecule has 0 fully saturated rings. The number of sulfonamides is 1. The van der Waals surface area contributed by atoms with Gasteiger partial charge in [0.25, 0.3) is 0 Å². The maximum absolute atomic E-state index is 12.2. The molecular formula is C12H13BrN2O3S. The molecule has 0 aliphatic rings. The third-order valence-corrected chi connectivity index (χ3v) is 5.02. The predicted octanol–water partition coefficient (Wildman–Crippen LogP) is 2.79. The fraction of sp³-hybridized carbons (Fsp3) is 0.250. The average molecular weight is 345 g/mol. The fourth-order valence-corrected chi connectivity index (χ4v) is 3.78. The molecule has 2 rings (SSSR count). The molecule has 0 aliphatic heterocycles. The zero-order valence-electron chi connectivity index (χ0n) is 10.4. The summed E-state index contributed by atoms with van der Waals surface area (Å²) in [6.45, 7) is 3.44. The zero-order valence-corrected chi connectivity index (χ0v) is 12.8. The number of hydrogen-bond donors (Lipinski definition) is 1. The summed E-state index contributed by atoms with van der Waals surface area (Å²) in [6.07, 6.45) is 1.55. The van der Waals surface area contributed by atoms with Crippen molar-refractivity contribution in [2.75, 3.05) is 0 Å². The lowest BCUT2D eigenvalue weighted by Gasteiger charge is -2.12. The van der Waals surface area contributed by atoms with E-state index in [-0.39, 0.29) is 4.90 Å². The molecule has 1 aromatic carbocycles. The van der Waals surface area contributed by atoms with E-state index in [0.717, 1.165) is 0 Å². The maximum Gasteiger partial charge on any atom is 0.242 e. The van der Waals surface area contributed by atoms with Crippen LogP contribution in [0.1, 0.15) is 24.6 Å². The summed E-state index contributed by atoms with van der Waals surface area (Å²) in [6, 6.07) is 6.09. The van der Waals surface area contributed by atoms with E-state index in [4.69, 9.17) is 4.42 Å². The van der Waals surface area contributed by atoms with Crippen LogP contribution in [0, 0.1) is 6.92 Å². The Morgan fingerprint density at radius 3 is 2.63 bits per heavy atom. The lowest BCUT2D eigenvalue weighted by molar-refractivity contribution is 0.427. The first-order chi connectivity index (χ1) is 8.90. The molecule has 0 radical (unpaired) electrons. The van der Waals surface area contributed by atoms with Gasteiger partial charge in [0.1, 0.15) is 5.76 Å². The van der Waals surface area contributed by atoms with Gasteiger partial charge in [-0.2, -0.15) is 4.72 Å². The normalized spacial score (nSPS) is 13.4. The van der Waals surface area contributed by atoms with Crippen molar-refractivity contribution in [3.8, 4) is 0 Å². The van der Waals surface area contributed by atoms with E-state index in [0.29, 0.717) is 16.1 Å². The Labute approximate surface area is 120 Å². The first-order valence-corrected chi connectivity index (χ1v) is 7.87. The van der Waals surface area contributed by atoms with Crippen LogP contribution in [0.5, 0.6) is 0 Å². The van der Waals surface area contributed by atoms with Gasteiger partial charge in [0.05, 0.1) is 17.1 Å². The van der Waals surface area contributed by atoms with Gasteiger partial charge in [-0.05, 0) is 41.9 Å². The maximum atomic E-state index is 12.2. The highest BCUT2D eigenvalue weighted by atomic mass is 79.9. The van der Waals surface area contributed by atoms with Crippen molar-refractivity contribution in [3.05, 3.63) is 46.6 Å². The molecule has 0 saturated carbocycles. The summed E-state index contributed by atoms with van der Waals surface area (Å²) in [5.74, 6) is 0.982. The van der Waals surface area contributed by atoms with E-state index in [1.165, 1.54) is 6.07 Å². The number of aryl methyl sites for hydroxylation is 1. The number of aromatic nitrogens is 1. The number of nitrogens with zero attached hydrogens (tertiary/aromatic N) is 1. The van der Waals surface area contributed by atoms with Crippen molar-refractivity contribution < 1.29 is 12.8 Å². The van der Waals surface area contributed by atoms with Crippen LogP contribution >= 0.6 is 15.9 Å². The number of nitrogens with one attached hydrogen (secondary N) is 1. The van der Waals surface area contributed by atoms with Crippen molar-refractivity contribution >= 4 is 26.0 Å². The number of benzene rings is 1. The molecule has 0 spiro atoms. The van der Waals surface area contributed by atoms with Gasteiger partial charge in [-0.25, -0.2) is 13.4 Å². The summed E-state index contributed by atoms with van der Waals surface area (Å²) >= 11 is 3.22. The molecule has 0 saturated heterocycles. The first kappa shape index (κ1) is 14.2. The molecule has 1 N–H and O–H groups in total. The molecule has 7 heteroatoms. The average Bonchev–Trinajstić information content (AvgIpc) is 2.76. The number of hydrogen-bond acceptors (Lipinski definition) is 4. The van der Waals surface area contributed by atoms with E-state index in [2.05, 4.69) is 25.6 Å². The van der Waals surface area contributed by atoms with Gasteiger partial charge in [-0.3, -0.25) is 0 Å². The Morgan fingerprint density at radius 1 is 1.37 bits per heavy atom. The van der Waals surface area contributed by atoms with Gasteiger partial charge in [-0.15, -0.1) is 0 Å². The third-order valence-electron chi connectivity index (χ3n) is 2.47. The highest BCUT2D eigenvalue weighted by Gasteiger charge is 2.22. The van der Waals surface area contributed by atoms with E-state index in [1.807, 2.05) is 0 Å². The van der Waals surface area contributed by atoms with Crippen LogP contribution < -0.4 is 4.72 Å². The Balaban J connectivity index is 2.25. The van der Waals surface area contributed by atoms with Gasteiger partial charge in [-0.1, -0.05) is 12.1 Å². The molecule has 0 amide bonds. The second kappa shape index (κ2) is 5.44. The topological polar surface area (TPSA) is 72.2 Å². The van der Waals surface area contributed by atoms with Crippen molar-refractivity contribution in [1.29, 1.82) is 0 Å². The number of rotatable bonds is 4. The molecule has 2 aromatic rings. The minimum atomic E-state index is -3.63. The monoisotopic (exact) mass is 344 g/mol. The van der Waals surface area contributed by atoms with Gasteiger partial charge >= 0.3 is 0 Å². The van der Waals surface area contributed by atoms with Crippen LogP contribution in [0.15, 0.2) is 44.2 Å². The summed E-state index contributed by atoms with van der Waals surface area (Å²) in [5.41, 5.74) is 0. The highest BCUT2D eigenvalue weighted by molar-refractivity contribution is 9.10. The molecule has 1 unspecified atom stereocenters. The van der Waals surface area contributed by atoms with Gasteiger partial charge in [0.2, 0.25) is 15.9 Å². The molecule has 102 valence electrons. The van der Waals surface area contributed by atoms with E-state index in [9.17, 15) is 8.42 Å².